The molecule has 0 N–H and O–H groups in total. The van der Waals surface area contributed by atoms with Crippen LogP contribution in [0, 0.1) is 0 Å². The summed E-state index contributed by atoms with van der Waals surface area (Å²) in [6.07, 6.45) is 1.79. The van der Waals surface area contributed by atoms with E-state index in [2.05, 4.69) is 0 Å². The first-order valence-electron chi connectivity index (χ1n) is 14.9. The molecule has 0 fully saturated rings. The first-order chi connectivity index (χ1) is 22.9. The van der Waals surface area contributed by atoms with Gasteiger partial charge in [-0.05, 0) is 48.9 Å². The van der Waals surface area contributed by atoms with E-state index in [1.165, 1.54) is 23.0 Å². The average molecular weight is 667 g/mol. The molecule has 6 rings (SSSR count). The van der Waals surface area contributed by atoms with Crippen LogP contribution in [0.5, 0.6) is 17.2 Å². The van der Waals surface area contributed by atoms with Crippen molar-refractivity contribution in [2.45, 2.75) is 19.6 Å². The Labute approximate surface area is 280 Å². The number of esters is 1. The van der Waals surface area contributed by atoms with E-state index in [4.69, 9.17) is 35.5 Å². The SMILES string of the molecule is CCOC(=O)C1=C(c2ccccc2)N=c2s/c(=C\c3ccccc3OCc3cccc(Cl)c3)c(=O)n2[C@H]1c1ccc(OC)cc1OC. The summed E-state index contributed by atoms with van der Waals surface area (Å²) >= 11 is 7.40. The Hall–Kier alpha value is -5.12. The topological polar surface area (TPSA) is 88.4 Å². The Morgan fingerprint density at radius 1 is 0.936 bits per heavy atom. The molecule has 47 heavy (non-hydrogen) atoms. The second kappa shape index (κ2) is 14.1. The van der Waals surface area contributed by atoms with Crippen molar-refractivity contribution in [2.75, 3.05) is 20.8 Å². The van der Waals surface area contributed by atoms with Gasteiger partial charge in [-0.2, -0.15) is 0 Å². The fraction of sp³-hybridized carbons (Fsp3) is 0.162. The fourth-order valence-electron chi connectivity index (χ4n) is 5.44. The molecule has 2 heterocycles. The molecule has 10 heteroatoms. The average Bonchev–Trinajstić information content (AvgIpc) is 3.41. The maximum absolute atomic E-state index is 14.4. The van der Waals surface area contributed by atoms with Crippen molar-refractivity contribution in [2.24, 2.45) is 4.99 Å². The number of aromatic nitrogens is 1. The lowest BCUT2D eigenvalue weighted by Crippen LogP contribution is -2.40. The lowest BCUT2D eigenvalue weighted by molar-refractivity contribution is -0.138. The second-order valence-corrected chi connectivity index (χ2v) is 11.9. The normalized spacial score (nSPS) is 14.3. The largest absolute Gasteiger partial charge is 0.497 e. The number of hydrogen-bond donors (Lipinski definition) is 0. The maximum Gasteiger partial charge on any atom is 0.338 e. The molecule has 8 nitrogen and oxygen atoms in total. The second-order valence-electron chi connectivity index (χ2n) is 10.5. The molecule has 238 valence electrons. The highest BCUT2D eigenvalue weighted by Crippen LogP contribution is 2.40. The minimum absolute atomic E-state index is 0.146. The van der Waals surface area contributed by atoms with Gasteiger partial charge in [0.25, 0.3) is 5.56 Å². The summed E-state index contributed by atoms with van der Waals surface area (Å²) in [6, 6.07) is 28.7. The van der Waals surface area contributed by atoms with Gasteiger partial charge >= 0.3 is 5.97 Å². The van der Waals surface area contributed by atoms with Gasteiger partial charge in [-0.1, -0.05) is 83.6 Å². The number of thiazole rings is 1. The zero-order valence-electron chi connectivity index (χ0n) is 25.9. The molecule has 0 bridgehead atoms. The van der Waals surface area contributed by atoms with Gasteiger partial charge in [0.15, 0.2) is 4.80 Å². The number of nitrogens with zero attached hydrogens (tertiary/aromatic N) is 2. The number of benzene rings is 4. The molecule has 4 aromatic carbocycles. The van der Waals surface area contributed by atoms with Crippen LogP contribution in [0.25, 0.3) is 11.8 Å². The minimum atomic E-state index is -0.905. The van der Waals surface area contributed by atoms with Crippen molar-refractivity contribution in [1.82, 2.24) is 4.57 Å². The summed E-state index contributed by atoms with van der Waals surface area (Å²) in [5.41, 5.74) is 3.25. The Morgan fingerprint density at radius 3 is 2.47 bits per heavy atom. The monoisotopic (exact) mass is 666 g/mol. The van der Waals surface area contributed by atoms with Crippen LogP contribution < -0.4 is 29.1 Å². The smallest absolute Gasteiger partial charge is 0.338 e. The molecule has 0 unspecified atom stereocenters. The Balaban J connectivity index is 1.56. The van der Waals surface area contributed by atoms with Gasteiger partial charge in [-0.25, -0.2) is 9.79 Å². The number of fused-ring (bicyclic) bond motifs is 1. The third kappa shape index (κ3) is 6.58. The molecule has 0 amide bonds. The van der Waals surface area contributed by atoms with E-state index in [1.54, 1.807) is 38.3 Å². The van der Waals surface area contributed by atoms with Gasteiger partial charge in [0.2, 0.25) is 0 Å². The molecule has 0 aliphatic carbocycles. The van der Waals surface area contributed by atoms with Crippen LogP contribution in [-0.2, 0) is 16.1 Å². The molecule has 1 aromatic heterocycles. The first kappa shape index (κ1) is 31.8. The van der Waals surface area contributed by atoms with Crippen LogP contribution in [0.15, 0.2) is 112 Å². The predicted octanol–water partition coefficient (Wildman–Crippen LogP) is 6.19. The highest BCUT2D eigenvalue weighted by molar-refractivity contribution is 7.07. The molecule has 5 aromatic rings. The van der Waals surface area contributed by atoms with Crippen LogP contribution in [0.1, 0.15) is 35.2 Å². The molecule has 0 radical (unpaired) electrons. The quantitative estimate of drug-likeness (QED) is 0.165. The van der Waals surface area contributed by atoms with Crippen molar-refractivity contribution in [3.05, 3.63) is 150 Å². The number of hydrogen-bond acceptors (Lipinski definition) is 8. The van der Waals surface area contributed by atoms with Crippen molar-refractivity contribution >= 4 is 40.7 Å². The number of ether oxygens (including phenoxy) is 4. The summed E-state index contributed by atoms with van der Waals surface area (Å²) in [6.45, 7) is 2.19. The highest BCUT2D eigenvalue weighted by Gasteiger charge is 2.37. The molecule has 0 saturated heterocycles. The van der Waals surface area contributed by atoms with Crippen LogP contribution in [-0.4, -0.2) is 31.4 Å². The zero-order chi connectivity index (χ0) is 32.9. The first-order valence-corrected chi connectivity index (χ1v) is 16.1. The molecule has 1 aliphatic rings. The molecule has 1 atom stereocenters. The van der Waals surface area contributed by atoms with Crippen LogP contribution >= 0.6 is 22.9 Å². The van der Waals surface area contributed by atoms with Crippen molar-refractivity contribution in [3.8, 4) is 17.2 Å². The van der Waals surface area contributed by atoms with Crippen molar-refractivity contribution in [3.63, 3.8) is 0 Å². The summed E-state index contributed by atoms with van der Waals surface area (Å²) in [5, 5.41) is 0.626. The van der Waals surface area contributed by atoms with Crippen LogP contribution in [0.2, 0.25) is 5.02 Å². The predicted molar refractivity (Wildman–Crippen MR) is 183 cm³/mol. The van der Waals surface area contributed by atoms with Crippen LogP contribution in [0.4, 0.5) is 0 Å². The van der Waals surface area contributed by atoms with Crippen molar-refractivity contribution < 1.29 is 23.7 Å². The Bertz CT molecular complexity index is 2160. The lowest BCUT2D eigenvalue weighted by atomic mass is 9.92. The molecule has 1 aliphatic heterocycles. The van der Waals surface area contributed by atoms with E-state index in [0.717, 1.165) is 5.56 Å². The van der Waals surface area contributed by atoms with E-state index in [0.29, 0.717) is 60.6 Å². The lowest BCUT2D eigenvalue weighted by Gasteiger charge is -2.27. The zero-order valence-corrected chi connectivity index (χ0v) is 27.5. The van der Waals surface area contributed by atoms with E-state index >= 15 is 0 Å². The Kier molecular flexibility index (Phi) is 9.56. The van der Waals surface area contributed by atoms with Gasteiger partial charge < -0.3 is 18.9 Å². The fourth-order valence-corrected chi connectivity index (χ4v) is 6.64. The Morgan fingerprint density at radius 2 is 1.72 bits per heavy atom. The highest BCUT2D eigenvalue weighted by atomic mass is 35.5. The van der Waals surface area contributed by atoms with Gasteiger partial charge in [0.05, 0.1) is 36.6 Å². The van der Waals surface area contributed by atoms with E-state index < -0.39 is 12.0 Å². The number of carbonyl (C=O) groups excluding carboxylic acids is 1. The molecule has 0 saturated carbocycles. The van der Waals surface area contributed by atoms with Gasteiger partial charge in [0, 0.05) is 27.8 Å². The number of carbonyl (C=O) groups is 1. The molecular weight excluding hydrogens is 636 g/mol. The number of halogens is 1. The summed E-state index contributed by atoms with van der Waals surface area (Å²) < 4.78 is 24.9. The number of rotatable bonds is 10. The maximum atomic E-state index is 14.4. The van der Waals surface area contributed by atoms with Crippen molar-refractivity contribution in [1.29, 1.82) is 0 Å². The molecule has 0 spiro atoms. The third-order valence-corrected chi connectivity index (χ3v) is 8.82. The van der Waals surface area contributed by atoms with Gasteiger partial charge in [-0.3, -0.25) is 9.36 Å². The summed E-state index contributed by atoms with van der Waals surface area (Å²) in [4.78, 5) is 33.6. The van der Waals surface area contributed by atoms with Crippen LogP contribution in [0.3, 0.4) is 0 Å². The minimum Gasteiger partial charge on any atom is -0.497 e. The summed E-state index contributed by atoms with van der Waals surface area (Å²) in [7, 11) is 3.10. The van der Waals surface area contributed by atoms with Gasteiger partial charge in [-0.15, -0.1) is 0 Å². The number of para-hydroxylation sites is 1. The third-order valence-electron chi connectivity index (χ3n) is 7.60. The standard InChI is InChI=1S/C37H31ClN2O6S/c1-4-45-36(42)32-33(24-12-6-5-7-13-24)39-37-40(34(32)28-18-17-27(43-2)21-30(28)44-3)35(41)31(47-37)20-25-14-8-9-16-29(25)46-22-23-11-10-15-26(38)19-23/h5-21,34H,4,22H2,1-3H3/b31-20-/t34-/m0/s1. The summed E-state index contributed by atoms with van der Waals surface area (Å²) in [5.74, 6) is 1.04. The molecular formula is C37H31ClN2O6S. The van der Waals surface area contributed by atoms with E-state index in [1.807, 2.05) is 78.9 Å². The number of methoxy groups -OCH3 is 2. The van der Waals surface area contributed by atoms with Gasteiger partial charge in [0.1, 0.15) is 29.9 Å². The van der Waals surface area contributed by atoms with E-state index in [-0.39, 0.29) is 17.7 Å². The van der Waals surface area contributed by atoms with E-state index in [9.17, 15) is 9.59 Å².